The van der Waals surface area contributed by atoms with E-state index >= 15 is 0 Å². The summed E-state index contributed by atoms with van der Waals surface area (Å²) in [5, 5.41) is 11.0. The van der Waals surface area contributed by atoms with Crippen molar-refractivity contribution < 1.29 is 9.66 Å². The maximum absolute atomic E-state index is 10.9. The van der Waals surface area contributed by atoms with Crippen LogP contribution in [-0.2, 0) is 11.3 Å². The van der Waals surface area contributed by atoms with Crippen LogP contribution >= 0.6 is 11.6 Å². The minimum atomic E-state index is -0.448. The lowest BCUT2D eigenvalue weighted by atomic mass is 10.1. The van der Waals surface area contributed by atoms with E-state index in [-0.39, 0.29) is 22.9 Å². The molecule has 104 valence electrons. The molecule has 1 fully saturated rings. The maximum Gasteiger partial charge on any atom is 0.288 e. The zero-order chi connectivity index (χ0) is 14.0. The number of hydrogen-bond donors (Lipinski definition) is 0. The first kappa shape index (κ1) is 14.2. The van der Waals surface area contributed by atoms with Gasteiger partial charge in [-0.25, -0.2) is 0 Å². The van der Waals surface area contributed by atoms with Crippen LogP contribution in [0.3, 0.4) is 0 Å². The molecule has 1 aromatic carbocycles. The number of nitro benzene ring substituents is 1. The Morgan fingerprint density at radius 2 is 2.05 bits per heavy atom. The third-order valence-corrected chi connectivity index (χ3v) is 3.43. The average molecular weight is 285 g/mol. The van der Waals surface area contributed by atoms with Crippen molar-refractivity contribution in [3.05, 3.63) is 38.9 Å². The largest absolute Gasteiger partial charge is 0.373 e. The van der Waals surface area contributed by atoms with Crippen molar-refractivity contribution in [3.63, 3.8) is 0 Å². The minimum absolute atomic E-state index is 0.0338. The molecule has 19 heavy (non-hydrogen) atoms. The van der Waals surface area contributed by atoms with Crippen LogP contribution in [-0.4, -0.2) is 35.1 Å². The van der Waals surface area contributed by atoms with Crippen LogP contribution in [0.1, 0.15) is 19.4 Å². The summed E-state index contributed by atoms with van der Waals surface area (Å²) in [6.45, 7) is 6.41. The molecule has 0 N–H and O–H groups in total. The molecule has 0 spiro atoms. The van der Waals surface area contributed by atoms with E-state index in [0.29, 0.717) is 6.54 Å². The van der Waals surface area contributed by atoms with E-state index < -0.39 is 4.92 Å². The molecule has 0 radical (unpaired) electrons. The van der Waals surface area contributed by atoms with Gasteiger partial charge in [0.15, 0.2) is 0 Å². The second kappa shape index (κ2) is 5.86. The Morgan fingerprint density at radius 3 is 2.63 bits per heavy atom. The van der Waals surface area contributed by atoms with Crippen LogP contribution in [0, 0.1) is 10.1 Å². The van der Waals surface area contributed by atoms with E-state index in [4.69, 9.17) is 16.3 Å². The Morgan fingerprint density at radius 1 is 1.42 bits per heavy atom. The highest BCUT2D eigenvalue weighted by molar-refractivity contribution is 6.32. The molecule has 0 aromatic heterocycles. The number of nitrogens with zero attached hydrogens (tertiary/aromatic N) is 2. The fourth-order valence-electron chi connectivity index (χ4n) is 2.47. The highest BCUT2D eigenvalue weighted by Crippen LogP contribution is 2.26. The molecular formula is C13H17ClN2O3. The number of morpholine rings is 1. The van der Waals surface area contributed by atoms with Gasteiger partial charge < -0.3 is 4.74 Å². The van der Waals surface area contributed by atoms with E-state index in [1.807, 2.05) is 19.9 Å². The quantitative estimate of drug-likeness (QED) is 0.633. The maximum atomic E-state index is 10.9. The molecule has 1 aliphatic rings. The average Bonchev–Trinajstić information content (AvgIpc) is 2.30. The standard InChI is InChI=1S/C13H17ClN2O3/c1-9-6-15(7-10(2)19-9)8-11-3-4-12(14)13(5-11)16(17)18/h3-5,9-10H,6-8H2,1-2H3. The topological polar surface area (TPSA) is 55.6 Å². The summed E-state index contributed by atoms with van der Waals surface area (Å²) in [6.07, 6.45) is 0.372. The summed E-state index contributed by atoms with van der Waals surface area (Å²) in [6, 6.07) is 4.97. The number of rotatable bonds is 3. The van der Waals surface area contributed by atoms with Gasteiger partial charge in [0.2, 0.25) is 0 Å². The molecule has 0 saturated carbocycles. The molecule has 6 heteroatoms. The van der Waals surface area contributed by atoms with Gasteiger partial charge in [0.25, 0.3) is 5.69 Å². The second-order valence-electron chi connectivity index (χ2n) is 4.99. The van der Waals surface area contributed by atoms with Crippen LogP contribution in [0.25, 0.3) is 0 Å². The SMILES string of the molecule is CC1CN(Cc2ccc(Cl)c([N+](=O)[O-])c2)CC(C)O1. The number of ether oxygens (including phenoxy) is 1. The van der Waals surface area contributed by atoms with E-state index in [9.17, 15) is 10.1 Å². The number of benzene rings is 1. The Kier molecular flexibility index (Phi) is 4.39. The van der Waals surface area contributed by atoms with Crippen molar-refractivity contribution in [2.45, 2.75) is 32.6 Å². The third-order valence-electron chi connectivity index (χ3n) is 3.11. The van der Waals surface area contributed by atoms with Gasteiger partial charge >= 0.3 is 0 Å². The zero-order valence-electron chi connectivity index (χ0n) is 11.0. The van der Waals surface area contributed by atoms with E-state index in [1.165, 1.54) is 0 Å². The van der Waals surface area contributed by atoms with E-state index in [2.05, 4.69) is 4.90 Å². The van der Waals surface area contributed by atoms with Gasteiger partial charge in [-0.3, -0.25) is 15.0 Å². The van der Waals surface area contributed by atoms with Gasteiger partial charge in [0.05, 0.1) is 17.1 Å². The normalized spacial score (nSPS) is 24.4. The Hall–Kier alpha value is -1.17. The monoisotopic (exact) mass is 284 g/mol. The van der Waals surface area contributed by atoms with Crippen molar-refractivity contribution in [2.24, 2.45) is 0 Å². The first-order valence-electron chi connectivity index (χ1n) is 6.26. The van der Waals surface area contributed by atoms with Crippen LogP contribution in [0.15, 0.2) is 18.2 Å². The molecule has 1 saturated heterocycles. The molecule has 2 unspecified atom stereocenters. The molecule has 1 aromatic rings. The molecule has 0 bridgehead atoms. The summed E-state index contributed by atoms with van der Waals surface area (Å²) in [5.41, 5.74) is 0.867. The Bertz CT molecular complexity index is 471. The molecule has 1 heterocycles. The smallest absolute Gasteiger partial charge is 0.288 e. The number of nitro groups is 1. The predicted molar refractivity (Wildman–Crippen MR) is 73.4 cm³/mol. The number of hydrogen-bond acceptors (Lipinski definition) is 4. The first-order valence-corrected chi connectivity index (χ1v) is 6.64. The van der Waals surface area contributed by atoms with Gasteiger partial charge in [-0.05, 0) is 25.5 Å². The van der Waals surface area contributed by atoms with Gasteiger partial charge in [0, 0.05) is 25.7 Å². The molecule has 5 nitrogen and oxygen atoms in total. The lowest BCUT2D eigenvalue weighted by Gasteiger charge is -2.35. The fourth-order valence-corrected chi connectivity index (χ4v) is 2.65. The second-order valence-corrected chi connectivity index (χ2v) is 5.40. The molecule has 1 aliphatic heterocycles. The van der Waals surface area contributed by atoms with E-state index in [1.54, 1.807) is 12.1 Å². The van der Waals surface area contributed by atoms with Gasteiger partial charge in [0.1, 0.15) is 5.02 Å². The third kappa shape index (κ3) is 3.65. The summed E-state index contributed by atoms with van der Waals surface area (Å²) in [4.78, 5) is 12.7. The van der Waals surface area contributed by atoms with Crippen molar-refractivity contribution in [2.75, 3.05) is 13.1 Å². The lowest BCUT2D eigenvalue weighted by Crippen LogP contribution is -2.44. The zero-order valence-corrected chi connectivity index (χ0v) is 11.8. The van der Waals surface area contributed by atoms with Gasteiger partial charge in [-0.1, -0.05) is 17.7 Å². The van der Waals surface area contributed by atoms with Crippen LogP contribution in [0.4, 0.5) is 5.69 Å². The molecule has 0 amide bonds. The molecule has 0 aliphatic carbocycles. The van der Waals surface area contributed by atoms with Crippen molar-refractivity contribution in [1.29, 1.82) is 0 Å². The van der Waals surface area contributed by atoms with Crippen LogP contribution in [0.2, 0.25) is 5.02 Å². The summed E-state index contributed by atoms with van der Waals surface area (Å²) in [7, 11) is 0. The van der Waals surface area contributed by atoms with Crippen molar-refractivity contribution in [1.82, 2.24) is 4.90 Å². The summed E-state index contributed by atoms with van der Waals surface area (Å²) < 4.78 is 5.66. The summed E-state index contributed by atoms with van der Waals surface area (Å²) in [5.74, 6) is 0. The van der Waals surface area contributed by atoms with Gasteiger partial charge in [-0.15, -0.1) is 0 Å². The van der Waals surface area contributed by atoms with Crippen LogP contribution in [0.5, 0.6) is 0 Å². The Labute approximate surface area is 117 Å². The van der Waals surface area contributed by atoms with Crippen molar-refractivity contribution >= 4 is 17.3 Å². The fraction of sp³-hybridized carbons (Fsp3) is 0.538. The van der Waals surface area contributed by atoms with Crippen LogP contribution < -0.4 is 0 Å². The highest BCUT2D eigenvalue weighted by Gasteiger charge is 2.23. The predicted octanol–water partition coefficient (Wildman–Crippen LogP) is 2.86. The summed E-state index contributed by atoms with van der Waals surface area (Å²) >= 11 is 5.81. The Balaban J connectivity index is 2.10. The highest BCUT2D eigenvalue weighted by atomic mass is 35.5. The number of halogens is 1. The van der Waals surface area contributed by atoms with Crippen molar-refractivity contribution in [3.8, 4) is 0 Å². The minimum Gasteiger partial charge on any atom is -0.373 e. The molecular weight excluding hydrogens is 268 g/mol. The lowest BCUT2D eigenvalue weighted by molar-refractivity contribution is -0.384. The van der Waals surface area contributed by atoms with E-state index in [0.717, 1.165) is 18.7 Å². The molecule has 2 atom stereocenters. The first-order chi connectivity index (χ1) is 8.95. The van der Waals surface area contributed by atoms with Gasteiger partial charge in [-0.2, -0.15) is 0 Å². The molecule has 2 rings (SSSR count).